The van der Waals surface area contributed by atoms with Crippen molar-refractivity contribution in [1.29, 1.82) is 0 Å². The number of carbonyl (C=O) groups excluding carboxylic acids is 1. The Morgan fingerprint density at radius 1 is 0.895 bits per heavy atom. The van der Waals surface area contributed by atoms with Crippen LogP contribution in [0, 0.1) is 11.6 Å². The summed E-state index contributed by atoms with van der Waals surface area (Å²) in [5, 5.41) is 0. The number of aldehydes is 1. The maximum absolute atomic E-state index is 13.0. The largest absolute Gasteiger partial charge is 0.348 e. The zero-order valence-electron chi connectivity index (χ0n) is 9.85. The van der Waals surface area contributed by atoms with Crippen LogP contribution in [-0.2, 0) is 15.1 Å². The summed E-state index contributed by atoms with van der Waals surface area (Å²) in [5.41, 5.74) is 0.443. The number of halogens is 2. The van der Waals surface area contributed by atoms with Crippen LogP contribution in [0.5, 0.6) is 0 Å². The third-order valence-corrected chi connectivity index (χ3v) is 3.33. The first-order valence-electron chi connectivity index (χ1n) is 5.82. The topological polar surface area (TPSA) is 29.6 Å². The van der Waals surface area contributed by atoms with Crippen LogP contribution < -0.4 is 0 Å². The van der Waals surface area contributed by atoms with Crippen molar-refractivity contribution in [3.05, 3.63) is 71.3 Å². The number of carbonyl (C=O) groups is 1. The highest BCUT2D eigenvalue weighted by Crippen LogP contribution is 2.50. The van der Waals surface area contributed by atoms with E-state index in [0.717, 1.165) is 0 Å². The predicted octanol–water partition coefficient (Wildman–Crippen LogP) is 2.81. The minimum absolute atomic E-state index is 0.360. The van der Waals surface area contributed by atoms with Gasteiger partial charge in [0.15, 0.2) is 18.0 Å². The summed E-state index contributed by atoms with van der Waals surface area (Å²) >= 11 is 0. The Hall–Kier alpha value is -2.07. The zero-order chi connectivity index (χ0) is 13.5. The van der Waals surface area contributed by atoms with Crippen LogP contribution in [0.4, 0.5) is 8.78 Å². The highest BCUT2D eigenvalue weighted by Gasteiger charge is 2.59. The molecule has 19 heavy (non-hydrogen) atoms. The second-order valence-electron chi connectivity index (χ2n) is 4.42. The van der Waals surface area contributed by atoms with Crippen molar-refractivity contribution in [3.8, 4) is 0 Å². The molecule has 1 saturated heterocycles. The average Bonchev–Trinajstić information content (AvgIpc) is 3.16. The van der Waals surface area contributed by atoms with Crippen LogP contribution in [-0.4, -0.2) is 12.4 Å². The quantitative estimate of drug-likeness (QED) is 0.627. The van der Waals surface area contributed by atoms with E-state index < -0.39 is 11.7 Å². The molecular formula is C15H10F2O2. The molecule has 3 rings (SSSR count). The van der Waals surface area contributed by atoms with Crippen molar-refractivity contribution in [2.24, 2.45) is 0 Å². The van der Waals surface area contributed by atoms with Crippen LogP contribution in [0.2, 0.25) is 0 Å². The molecule has 0 spiro atoms. The van der Waals surface area contributed by atoms with Gasteiger partial charge in [-0.05, 0) is 35.4 Å². The standard InChI is InChI=1S/C15H10F2O2/c16-12-5-1-10(2-6-12)15(14(9-18)19-15)11-3-7-13(17)8-4-11/h1-9,14H. The molecule has 0 bridgehead atoms. The molecule has 0 radical (unpaired) electrons. The average molecular weight is 260 g/mol. The lowest BCUT2D eigenvalue weighted by Gasteiger charge is -2.13. The fourth-order valence-electron chi connectivity index (χ4n) is 2.32. The molecule has 0 amide bonds. The Labute approximate surface area is 108 Å². The van der Waals surface area contributed by atoms with E-state index in [4.69, 9.17) is 4.74 Å². The fraction of sp³-hybridized carbons (Fsp3) is 0.133. The molecule has 1 aliphatic heterocycles. The number of rotatable bonds is 3. The molecular weight excluding hydrogens is 250 g/mol. The molecule has 0 aromatic heterocycles. The highest BCUT2D eigenvalue weighted by molar-refractivity contribution is 5.68. The summed E-state index contributed by atoms with van der Waals surface area (Å²) in [7, 11) is 0. The van der Waals surface area contributed by atoms with Crippen molar-refractivity contribution >= 4 is 6.29 Å². The van der Waals surface area contributed by atoms with Gasteiger partial charge in [0, 0.05) is 0 Å². The molecule has 1 heterocycles. The third-order valence-electron chi connectivity index (χ3n) is 3.33. The Bertz CT molecular complexity index is 560. The summed E-state index contributed by atoms with van der Waals surface area (Å²) in [6, 6.07) is 11.5. The van der Waals surface area contributed by atoms with Gasteiger partial charge in [0.2, 0.25) is 0 Å². The maximum Gasteiger partial charge on any atom is 0.152 e. The Morgan fingerprint density at radius 3 is 1.63 bits per heavy atom. The van der Waals surface area contributed by atoms with Crippen molar-refractivity contribution in [3.63, 3.8) is 0 Å². The summed E-state index contributed by atoms with van der Waals surface area (Å²) < 4.78 is 31.4. The van der Waals surface area contributed by atoms with Crippen molar-refractivity contribution in [2.45, 2.75) is 11.7 Å². The van der Waals surface area contributed by atoms with Crippen LogP contribution in [0.3, 0.4) is 0 Å². The first-order chi connectivity index (χ1) is 9.16. The van der Waals surface area contributed by atoms with E-state index in [2.05, 4.69) is 0 Å². The second-order valence-corrected chi connectivity index (χ2v) is 4.42. The molecule has 1 atom stereocenters. The van der Waals surface area contributed by atoms with E-state index in [1.807, 2.05) is 0 Å². The molecule has 1 unspecified atom stereocenters. The van der Waals surface area contributed by atoms with Crippen molar-refractivity contribution < 1.29 is 18.3 Å². The molecule has 1 fully saturated rings. The van der Waals surface area contributed by atoms with Gasteiger partial charge in [-0.25, -0.2) is 8.78 Å². The molecule has 2 aromatic rings. The predicted molar refractivity (Wildman–Crippen MR) is 64.5 cm³/mol. The number of hydrogen-bond donors (Lipinski definition) is 0. The van der Waals surface area contributed by atoms with E-state index >= 15 is 0 Å². The first-order valence-corrected chi connectivity index (χ1v) is 5.82. The zero-order valence-corrected chi connectivity index (χ0v) is 9.85. The lowest BCUT2D eigenvalue weighted by Crippen LogP contribution is -2.15. The minimum Gasteiger partial charge on any atom is -0.348 e. The van der Waals surface area contributed by atoms with Crippen molar-refractivity contribution in [1.82, 2.24) is 0 Å². The maximum atomic E-state index is 13.0. The van der Waals surface area contributed by atoms with Gasteiger partial charge in [-0.3, -0.25) is 0 Å². The Morgan fingerprint density at radius 2 is 1.32 bits per heavy atom. The van der Waals surface area contributed by atoms with Crippen LogP contribution in [0.15, 0.2) is 48.5 Å². The molecule has 0 N–H and O–H groups in total. The van der Waals surface area contributed by atoms with Gasteiger partial charge in [0.25, 0.3) is 0 Å². The van der Waals surface area contributed by atoms with Crippen LogP contribution in [0.1, 0.15) is 11.1 Å². The summed E-state index contributed by atoms with van der Waals surface area (Å²) in [5.74, 6) is -0.720. The number of ether oxygens (including phenoxy) is 1. The molecule has 1 aliphatic rings. The van der Waals surface area contributed by atoms with Gasteiger partial charge in [-0.2, -0.15) is 0 Å². The van der Waals surface area contributed by atoms with Crippen molar-refractivity contribution in [2.75, 3.05) is 0 Å². The van der Waals surface area contributed by atoms with Crippen LogP contribution >= 0.6 is 0 Å². The molecule has 96 valence electrons. The van der Waals surface area contributed by atoms with Gasteiger partial charge >= 0.3 is 0 Å². The Kier molecular flexibility index (Phi) is 2.68. The molecule has 4 heteroatoms. The van der Waals surface area contributed by atoms with E-state index in [1.54, 1.807) is 24.3 Å². The smallest absolute Gasteiger partial charge is 0.152 e. The van der Waals surface area contributed by atoms with E-state index in [-0.39, 0.29) is 11.6 Å². The number of benzene rings is 2. The van der Waals surface area contributed by atoms with Gasteiger partial charge in [0.05, 0.1) is 0 Å². The summed E-state index contributed by atoms with van der Waals surface area (Å²) in [4.78, 5) is 11.0. The lowest BCUT2D eigenvalue weighted by atomic mass is 9.88. The Balaban J connectivity index is 2.08. The molecule has 2 nitrogen and oxygen atoms in total. The molecule has 2 aromatic carbocycles. The summed E-state index contributed by atoms with van der Waals surface area (Å²) in [6.07, 6.45) is 0.0793. The van der Waals surface area contributed by atoms with Gasteiger partial charge in [-0.15, -0.1) is 0 Å². The fourth-order valence-corrected chi connectivity index (χ4v) is 2.32. The third kappa shape index (κ3) is 1.85. The summed E-state index contributed by atoms with van der Waals surface area (Å²) in [6.45, 7) is 0. The van der Waals surface area contributed by atoms with Gasteiger partial charge < -0.3 is 9.53 Å². The van der Waals surface area contributed by atoms with E-state index in [1.165, 1.54) is 24.3 Å². The van der Waals surface area contributed by atoms with E-state index in [0.29, 0.717) is 17.4 Å². The highest BCUT2D eigenvalue weighted by atomic mass is 19.1. The number of epoxide rings is 1. The molecule has 0 aliphatic carbocycles. The minimum atomic E-state index is -0.914. The van der Waals surface area contributed by atoms with Gasteiger partial charge in [0.1, 0.15) is 11.6 Å². The lowest BCUT2D eigenvalue weighted by molar-refractivity contribution is -0.108. The monoisotopic (exact) mass is 260 g/mol. The van der Waals surface area contributed by atoms with E-state index in [9.17, 15) is 13.6 Å². The second kappa shape index (κ2) is 4.24. The SMILES string of the molecule is O=CC1OC1(c1ccc(F)cc1)c1ccc(F)cc1. The number of hydrogen-bond acceptors (Lipinski definition) is 2. The normalized spacial score (nSPS) is 20.0. The van der Waals surface area contributed by atoms with Gasteiger partial charge in [-0.1, -0.05) is 24.3 Å². The van der Waals surface area contributed by atoms with Crippen LogP contribution in [0.25, 0.3) is 0 Å². The first kappa shape index (κ1) is 12.0. The molecule has 0 saturated carbocycles.